The molecule has 0 aliphatic rings. The molecule has 16 heteroatoms. The van der Waals surface area contributed by atoms with Gasteiger partial charge in [-0.2, -0.15) is 4.57 Å². The second kappa shape index (κ2) is 14.5. The summed E-state index contributed by atoms with van der Waals surface area (Å²) in [4.78, 5) is -0.0346. The zero-order valence-electron chi connectivity index (χ0n) is 24.0. The van der Waals surface area contributed by atoms with Gasteiger partial charge in [-0.15, -0.1) is 10.2 Å². The van der Waals surface area contributed by atoms with Crippen LogP contribution in [0, 0.1) is 10.8 Å². The van der Waals surface area contributed by atoms with Gasteiger partial charge in [-0.05, 0) is 47.5 Å². The zero-order valence-corrected chi connectivity index (χ0v) is 27.2. The van der Waals surface area contributed by atoms with Crippen LogP contribution in [0.15, 0.2) is 137 Å². The van der Waals surface area contributed by atoms with E-state index in [0.29, 0.717) is 11.3 Å². The van der Waals surface area contributed by atoms with Crippen LogP contribution in [0.5, 0.6) is 0 Å². The standard InChI is InChI=1S/C31H24N5O4S3.ClO3/c32-42(37,38)31-34-33-30(41-31)35-43(39,40)27-18-16-26(17-19-27)36-28(23-12-6-2-7-13-23)20-25(22-10-4-1-5-11-22)21-29(36)24-14-8-3-9-15-24;2-1(3)4/h1-21H,(H,33,35)(H2,32,37,38);/q+1;-1. The Balaban J connectivity index is 0.00000103. The predicted molar refractivity (Wildman–Crippen MR) is 166 cm³/mol. The topological polar surface area (TPSA) is 205 Å². The number of nitrogens with zero attached hydrogens (tertiary/aromatic N) is 3. The van der Waals surface area contributed by atoms with E-state index in [9.17, 15) is 16.8 Å². The van der Waals surface area contributed by atoms with Gasteiger partial charge in [0.05, 0.1) is 15.7 Å². The van der Waals surface area contributed by atoms with E-state index in [0.717, 1.165) is 39.3 Å². The summed E-state index contributed by atoms with van der Waals surface area (Å²) in [5, 5.41) is 11.9. The summed E-state index contributed by atoms with van der Waals surface area (Å²) in [7, 11) is -11.1. The van der Waals surface area contributed by atoms with Crippen LogP contribution in [0.3, 0.4) is 0 Å². The van der Waals surface area contributed by atoms with Gasteiger partial charge >= 0.3 is 0 Å². The minimum absolute atomic E-state index is 0.0346. The lowest BCUT2D eigenvalue weighted by Gasteiger charge is -2.13. The van der Waals surface area contributed by atoms with E-state index in [-0.39, 0.29) is 10.0 Å². The molecule has 0 spiro atoms. The lowest BCUT2D eigenvalue weighted by atomic mass is 9.98. The number of benzene rings is 4. The number of nitrogens with two attached hydrogens (primary N) is 1. The summed E-state index contributed by atoms with van der Waals surface area (Å²) in [6.45, 7) is 0. The molecule has 240 valence electrons. The molecule has 0 radical (unpaired) electrons. The van der Waals surface area contributed by atoms with Crippen LogP contribution in [0.1, 0.15) is 0 Å². The van der Waals surface area contributed by atoms with Crippen LogP contribution in [0.25, 0.3) is 39.3 Å². The maximum Gasteiger partial charge on any atom is 0.267 e. The van der Waals surface area contributed by atoms with Crippen LogP contribution in [0.2, 0.25) is 0 Å². The fourth-order valence-electron chi connectivity index (χ4n) is 4.63. The second-order valence-electron chi connectivity index (χ2n) is 9.65. The van der Waals surface area contributed by atoms with Gasteiger partial charge in [0, 0.05) is 35.4 Å². The van der Waals surface area contributed by atoms with Gasteiger partial charge in [0.25, 0.3) is 20.0 Å². The SMILES string of the molecule is NS(=O)(=O)c1nnc(NS(=O)(=O)c2ccc(-[n+]3c(-c4ccccc4)cc(-c4ccccc4)cc3-c3ccccc3)cc2)s1.[O-][Cl+2]([O-])[O-]. The van der Waals surface area contributed by atoms with Crippen LogP contribution in [-0.2, 0) is 20.0 Å². The Hall–Kier alpha value is -4.58. The molecule has 2 aromatic heterocycles. The maximum atomic E-state index is 13.1. The largest absolute Gasteiger partial charge is 0.357 e. The minimum Gasteiger partial charge on any atom is -0.357 e. The Morgan fingerprint density at radius 3 is 1.51 bits per heavy atom. The van der Waals surface area contributed by atoms with Crippen LogP contribution >= 0.6 is 11.3 Å². The summed E-state index contributed by atoms with van der Waals surface area (Å²) in [5.41, 5.74) is 6.64. The van der Waals surface area contributed by atoms with E-state index in [1.54, 1.807) is 12.1 Å². The van der Waals surface area contributed by atoms with Gasteiger partial charge in [-0.3, -0.25) is 4.72 Å². The summed E-state index contributed by atoms with van der Waals surface area (Å²) < 4.78 is 78.4. The molecular formula is C31H24ClN5O7S3. The molecule has 0 aliphatic heterocycles. The molecule has 0 fully saturated rings. The molecule has 0 saturated heterocycles. The molecule has 0 bridgehead atoms. The Bertz CT molecular complexity index is 2120. The van der Waals surface area contributed by atoms with E-state index < -0.39 is 35.2 Å². The normalized spacial score (nSPS) is 11.5. The number of anilines is 1. The smallest absolute Gasteiger partial charge is 0.267 e. The second-order valence-corrected chi connectivity index (χ2v) is 14.4. The van der Waals surface area contributed by atoms with Crippen molar-refractivity contribution in [2.75, 3.05) is 4.72 Å². The summed E-state index contributed by atoms with van der Waals surface area (Å²) in [6, 6.07) is 40.8. The van der Waals surface area contributed by atoms with Crippen molar-refractivity contribution in [2.24, 2.45) is 5.14 Å². The maximum absolute atomic E-state index is 13.1. The highest BCUT2D eigenvalue weighted by atomic mass is 35.6. The Morgan fingerprint density at radius 2 is 1.09 bits per heavy atom. The molecule has 0 atom stereocenters. The summed E-state index contributed by atoms with van der Waals surface area (Å²) >= 11 is 0.530. The van der Waals surface area contributed by atoms with Crippen molar-refractivity contribution in [1.82, 2.24) is 10.2 Å². The number of aromatic nitrogens is 3. The molecule has 3 N–H and O–H groups in total. The van der Waals surface area contributed by atoms with Crippen molar-refractivity contribution in [1.29, 1.82) is 0 Å². The average Bonchev–Trinajstić information content (AvgIpc) is 3.54. The monoisotopic (exact) mass is 709 g/mol. The fourth-order valence-corrected chi connectivity index (χ4v) is 7.19. The van der Waals surface area contributed by atoms with Crippen LogP contribution < -0.4 is 28.4 Å². The van der Waals surface area contributed by atoms with Crippen molar-refractivity contribution in [3.05, 3.63) is 127 Å². The molecule has 6 aromatic rings. The first-order valence-corrected chi connectivity index (χ1v) is 18.2. The Morgan fingerprint density at radius 1 is 0.638 bits per heavy atom. The average molecular weight is 710 g/mol. The molecule has 6 rings (SSSR count). The minimum atomic E-state index is -4.11. The van der Waals surface area contributed by atoms with Crippen molar-refractivity contribution < 1.29 is 46.2 Å². The van der Waals surface area contributed by atoms with Crippen molar-refractivity contribution >= 4 is 36.5 Å². The van der Waals surface area contributed by atoms with Crippen molar-refractivity contribution in [2.45, 2.75) is 9.24 Å². The van der Waals surface area contributed by atoms with Crippen LogP contribution in [0.4, 0.5) is 5.13 Å². The number of rotatable bonds is 8. The van der Waals surface area contributed by atoms with E-state index in [2.05, 4.69) is 43.8 Å². The predicted octanol–water partition coefficient (Wildman–Crippen LogP) is 1.70. The highest BCUT2D eigenvalue weighted by Crippen LogP contribution is 2.31. The number of primary sulfonamides is 1. The number of pyridine rings is 1. The molecule has 2 heterocycles. The van der Waals surface area contributed by atoms with Gasteiger partial charge in [-0.25, -0.2) is 22.0 Å². The first kappa shape index (κ1) is 33.8. The summed E-state index contributed by atoms with van der Waals surface area (Å²) in [5.74, 6) is 0. The van der Waals surface area contributed by atoms with E-state index >= 15 is 0 Å². The van der Waals surface area contributed by atoms with Crippen molar-refractivity contribution in [3.63, 3.8) is 0 Å². The number of hydrogen-bond acceptors (Lipinski definition) is 10. The molecule has 0 amide bonds. The highest BCUT2D eigenvalue weighted by molar-refractivity contribution is 7.93. The molecule has 4 aromatic carbocycles. The first-order chi connectivity index (χ1) is 22.4. The first-order valence-electron chi connectivity index (χ1n) is 13.4. The van der Waals surface area contributed by atoms with E-state index in [4.69, 9.17) is 19.1 Å². The lowest BCUT2D eigenvalue weighted by molar-refractivity contribution is -1.73. The number of halogens is 1. The third-order valence-corrected chi connectivity index (χ3v) is 10.2. The molecule has 12 nitrogen and oxygen atoms in total. The lowest BCUT2D eigenvalue weighted by Crippen LogP contribution is -2.42. The zero-order chi connectivity index (χ0) is 33.6. The number of hydrogen-bond donors (Lipinski definition) is 2. The van der Waals surface area contributed by atoms with Gasteiger partial charge in [-0.1, -0.05) is 78.1 Å². The van der Waals surface area contributed by atoms with Gasteiger partial charge in [0.15, 0.2) is 0 Å². The van der Waals surface area contributed by atoms with E-state index in [1.807, 2.05) is 78.9 Å². The molecule has 47 heavy (non-hydrogen) atoms. The Labute approximate surface area is 277 Å². The molecule has 0 aliphatic carbocycles. The van der Waals surface area contributed by atoms with Crippen LogP contribution in [-0.4, -0.2) is 27.0 Å². The van der Waals surface area contributed by atoms with Gasteiger partial charge in [0.2, 0.25) is 26.5 Å². The molecule has 0 unspecified atom stereocenters. The third-order valence-electron chi connectivity index (χ3n) is 6.59. The molecule has 0 saturated carbocycles. The van der Waals surface area contributed by atoms with Gasteiger partial charge < -0.3 is 14.0 Å². The van der Waals surface area contributed by atoms with E-state index in [1.165, 1.54) is 12.1 Å². The highest BCUT2D eigenvalue weighted by Gasteiger charge is 2.26. The van der Waals surface area contributed by atoms with Gasteiger partial charge in [0.1, 0.15) is 0 Å². The van der Waals surface area contributed by atoms with Crippen molar-refractivity contribution in [3.8, 4) is 39.3 Å². The third kappa shape index (κ3) is 8.42. The fraction of sp³-hybridized carbons (Fsp3) is 0. The number of nitrogens with one attached hydrogen (secondary N) is 1. The quantitative estimate of drug-likeness (QED) is 0.220. The Kier molecular flexibility index (Phi) is 10.4. The molecular weight excluding hydrogens is 686 g/mol. The number of sulfonamides is 2. The summed E-state index contributed by atoms with van der Waals surface area (Å²) in [6.07, 6.45) is 0.